The fourth-order valence-corrected chi connectivity index (χ4v) is 3.40. The zero-order valence-corrected chi connectivity index (χ0v) is 15.3. The summed E-state index contributed by atoms with van der Waals surface area (Å²) in [5.74, 6) is 0.968. The third kappa shape index (κ3) is 3.50. The first kappa shape index (κ1) is 17.1. The van der Waals surface area contributed by atoms with Crippen LogP contribution >= 0.6 is 23.2 Å². The molecule has 1 aromatic heterocycles. The first-order valence-electron chi connectivity index (χ1n) is 8.08. The largest absolute Gasteiger partial charge is 0.221 e. The lowest BCUT2D eigenvalue weighted by atomic mass is 10.0. The predicted octanol–water partition coefficient (Wildman–Crippen LogP) is 6.13. The highest BCUT2D eigenvalue weighted by molar-refractivity contribution is 6.32. The fourth-order valence-electron chi connectivity index (χ4n) is 2.79. The van der Waals surface area contributed by atoms with Crippen molar-refractivity contribution >= 4 is 23.2 Å². The maximum Gasteiger partial charge on any atom is 0.137 e. The van der Waals surface area contributed by atoms with Crippen molar-refractivity contribution in [3.05, 3.63) is 70.9 Å². The van der Waals surface area contributed by atoms with E-state index < -0.39 is 0 Å². The molecule has 0 aliphatic rings. The van der Waals surface area contributed by atoms with Crippen molar-refractivity contribution in [1.82, 2.24) is 9.78 Å². The van der Waals surface area contributed by atoms with Crippen molar-refractivity contribution < 1.29 is 0 Å². The average molecular weight is 359 g/mol. The Kier molecular flexibility index (Phi) is 5.27. The van der Waals surface area contributed by atoms with Crippen LogP contribution in [0.5, 0.6) is 0 Å². The van der Waals surface area contributed by atoms with Crippen molar-refractivity contribution in [2.45, 2.75) is 26.1 Å². The fraction of sp³-hybridized carbons (Fsp3) is 0.250. The summed E-state index contributed by atoms with van der Waals surface area (Å²) in [6.07, 6.45) is 1.07. The van der Waals surface area contributed by atoms with Gasteiger partial charge in [-0.1, -0.05) is 67.9 Å². The minimum Gasteiger partial charge on any atom is -0.221 e. The third-order valence-corrected chi connectivity index (χ3v) is 4.58. The number of alkyl halides is 1. The molecule has 2 aromatic carbocycles. The number of hydrogen-bond donors (Lipinski definition) is 0. The van der Waals surface area contributed by atoms with Crippen LogP contribution in [0.25, 0.3) is 16.9 Å². The van der Waals surface area contributed by atoms with Gasteiger partial charge in [0.1, 0.15) is 5.15 Å². The van der Waals surface area contributed by atoms with Crippen LogP contribution in [0.3, 0.4) is 0 Å². The molecule has 0 saturated carbocycles. The molecule has 0 bridgehead atoms. The smallest absolute Gasteiger partial charge is 0.137 e. The molecular weight excluding hydrogens is 339 g/mol. The van der Waals surface area contributed by atoms with Crippen molar-refractivity contribution in [2.24, 2.45) is 5.92 Å². The highest BCUT2D eigenvalue weighted by atomic mass is 35.5. The zero-order valence-electron chi connectivity index (χ0n) is 13.8. The molecule has 0 aliphatic heterocycles. The molecule has 124 valence electrons. The molecule has 0 atom stereocenters. The summed E-state index contributed by atoms with van der Waals surface area (Å²) in [7, 11) is 0. The predicted molar refractivity (Wildman–Crippen MR) is 102 cm³/mol. The molecule has 0 fully saturated rings. The third-order valence-electron chi connectivity index (χ3n) is 3.93. The molecule has 3 aromatic rings. The summed E-state index contributed by atoms with van der Waals surface area (Å²) in [4.78, 5) is 0. The lowest BCUT2D eigenvalue weighted by molar-refractivity contribution is 0.647. The quantitative estimate of drug-likeness (QED) is 0.501. The summed E-state index contributed by atoms with van der Waals surface area (Å²) >= 11 is 12.7. The molecule has 0 unspecified atom stereocenters. The van der Waals surface area contributed by atoms with Crippen LogP contribution in [0.2, 0.25) is 5.15 Å². The summed E-state index contributed by atoms with van der Waals surface area (Å²) in [5, 5.41) is 5.28. The standard InChI is InChI=1S/C20H20Cl2N2/c1-14(2)12-15-8-10-16(11-9-15)19-18(13-21)20(22)24(23-19)17-6-4-3-5-7-17/h3-11,14H,12-13H2,1-2H3. The van der Waals surface area contributed by atoms with E-state index in [1.807, 2.05) is 30.3 Å². The summed E-state index contributed by atoms with van der Waals surface area (Å²) < 4.78 is 1.75. The second-order valence-corrected chi connectivity index (χ2v) is 6.92. The van der Waals surface area contributed by atoms with Crippen LogP contribution in [0.1, 0.15) is 25.0 Å². The van der Waals surface area contributed by atoms with Crippen LogP contribution in [0.4, 0.5) is 0 Å². The maximum absolute atomic E-state index is 6.53. The van der Waals surface area contributed by atoms with E-state index in [-0.39, 0.29) is 0 Å². The Labute approximate surface area is 153 Å². The van der Waals surface area contributed by atoms with Crippen LogP contribution in [0, 0.1) is 5.92 Å². The van der Waals surface area contributed by atoms with Gasteiger partial charge in [0, 0.05) is 11.1 Å². The van der Waals surface area contributed by atoms with E-state index in [0.29, 0.717) is 17.0 Å². The molecule has 0 amide bonds. The number of halogens is 2. The Bertz CT molecular complexity index is 806. The van der Waals surface area contributed by atoms with E-state index in [2.05, 4.69) is 38.1 Å². The number of hydrogen-bond acceptors (Lipinski definition) is 1. The Morgan fingerprint density at radius 1 is 1.00 bits per heavy atom. The van der Waals surface area contributed by atoms with Gasteiger partial charge in [-0.15, -0.1) is 11.6 Å². The molecule has 2 nitrogen and oxygen atoms in total. The molecule has 0 saturated heterocycles. The van der Waals surface area contributed by atoms with Gasteiger partial charge >= 0.3 is 0 Å². The number of para-hydroxylation sites is 1. The SMILES string of the molecule is CC(C)Cc1ccc(-c2nn(-c3ccccc3)c(Cl)c2CCl)cc1. The van der Waals surface area contributed by atoms with Gasteiger partial charge in [0.2, 0.25) is 0 Å². The van der Waals surface area contributed by atoms with Crippen molar-refractivity contribution in [3.63, 3.8) is 0 Å². The van der Waals surface area contributed by atoms with Crippen molar-refractivity contribution in [3.8, 4) is 16.9 Å². The van der Waals surface area contributed by atoms with Gasteiger partial charge in [0.15, 0.2) is 0 Å². The minimum absolute atomic E-state index is 0.328. The van der Waals surface area contributed by atoms with E-state index in [4.69, 9.17) is 28.3 Å². The minimum atomic E-state index is 0.328. The second-order valence-electron chi connectivity index (χ2n) is 6.29. The Hall–Kier alpha value is -1.77. The van der Waals surface area contributed by atoms with Gasteiger partial charge < -0.3 is 0 Å². The molecule has 0 N–H and O–H groups in total. The van der Waals surface area contributed by atoms with E-state index in [9.17, 15) is 0 Å². The highest BCUT2D eigenvalue weighted by Crippen LogP contribution is 2.32. The summed E-state index contributed by atoms with van der Waals surface area (Å²) in [6.45, 7) is 4.45. The topological polar surface area (TPSA) is 17.8 Å². The second kappa shape index (κ2) is 7.42. The molecule has 0 spiro atoms. The van der Waals surface area contributed by atoms with Crippen molar-refractivity contribution in [1.29, 1.82) is 0 Å². The molecule has 1 heterocycles. The first-order valence-corrected chi connectivity index (χ1v) is 8.99. The number of benzene rings is 2. The van der Waals surface area contributed by atoms with Crippen LogP contribution < -0.4 is 0 Å². The lowest BCUT2D eigenvalue weighted by Crippen LogP contribution is -1.96. The molecular formula is C20H20Cl2N2. The Balaban J connectivity index is 2.02. The lowest BCUT2D eigenvalue weighted by Gasteiger charge is -2.06. The number of aromatic nitrogens is 2. The van der Waals surface area contributed by atoms with Crippen molar-refractivity contribution in [2.75, 3.05) is 0 Å². The van der Waals surface area contributed by atoms with Gasteiger partial charge in [-0.05, 0) is 30.0 Å². The van der Waals surface area contributed by atoms with Gasteiger partial charge in [-0.25, -0.2) is 4.68 Å². The van der Waals surface area contributed by atoms with E-state index in [1.54, 1.807) is 4.68 Å². The van der Waals surface area contributed by atoms with Gasteiger partial charge in [-0.3, -0.25) is 0 Å². The van der Waals surface area contributed by atoms with Gasteiger partial charge in [0.25, 0.3) is 0 Å². The average Bonchev–Trinajstić information content (AvgIpc) is 2.92. The van der Waals surface area contributed by atoms with Crippen LogP contribution in [-0.2, 0) is 12.3 Å². The van der Waals surface area contributed by atoms with E-state index in [1.165, 1.54) is 5.56 Å². The normalized spacial score (nSPS) is 11.2. The van der Waals surface area contributed by atoms with Crippen LogP contribution in [-0.4, -0.2) is 9.78 Å². The Morgan fingerprint density at radius 2 is 1.67 bits per heavy atom. The Morgan fingerprint density at radius 3 is 2.25 bits per heavy atom. The number of nitrogens with zero attached hydrogens (tertiary/aromatic N) is 2. The zero-order chi connectivity index (χ0) is 17.1. The number of rotatable bonds is 5. The van der Waals surface area contributed by atoms with Crippen LogP contribution in [0.15, 0.2) is 54.6 Å². The summed E-state index contributed by atoms with van der Waals surface area (Å²) in [5.41, 5.74) is 5.00. The first-order chi connectivity index (χ1) is 11.6. The summed E-state index contributed by atoms with van der Waals surface area (Å²) in [6, 6.07) is 18.4. The van der Waals surface area contributed by atoms with Gasteiger partial charge in [-0.2, -0.15) is 5.10 Å². The van der Waals surface area contributed by atoms with E-state index >= 15 is 0 Å². The molecule has 0 aliphatic carbocycles. The monoisotopic (exact) mass is 358 g/mol. The molecule has 0 radical (unpaired) electrons. The maximum atomic E-state index is 6.53. The van der Waals surface area contributed by atoms with Gasteiger partial charge in [0.05, 0.1) is 17.3 Å². The molecule has 4 heteroatoms. The van der Waals surface area contributed by atoms with E-state index in [0.717, 1.165) is 28.9 Å². The molecule has 24 heavy (non-hydrogen) atoms. The highest BCUT2D eigenvalue weighted by Gasteiger charge is 2.18. The molecule has 3 rings (SSSR count).